The van der Waals surface area contributed by atoms with Gasteiger partial charge in [-0.25, -0.2) is 13.6 Å². The summed E-state index contributed by atoms with van der Waals surface area (Å²) in [5.74, 6) is -0.475. The number of sulfonamides is 1. The lowest BCUT2D eigenvalue weighted by Gasteiger charge is -2.14. The van der Waals surface area contributed by atoms with Gasteiger partial charge >= 0.3 is 0 Å². The Labute approximate surface area is 88.7 Å². The standard InChI is InChI=1S/C8H13N3O3S/c9-5-7-4-8(12)11(6-7)2-1-3-15(10,13)14/h7H,1-4,6H2,(H2,10,13,14). The number of hydrogen-bond acceptors (Lipinski definition) is 4. The molecule has 0 aromatic heterocycles. The summed E-state index contributed by atoms with van der Waals surface area (Å²) in [6, 6.07) is 2.03. The Hall–Kier alpha value is -1.13. The van der Waals surface area contributed by atoms with E-state index in [0.29, 0.717) is 19.5 Å². The largest absolute Gasteiger partial charge is 0.341 e. The molecule has 6 nitrogen and oxygen atoms in total. The normalized spacial score (nSPS) is 21.7. The van der Waals surface area contributed by atoms with Crippen molar-refractivity contribution >= 4 is 15.9 Å². The van der Waals surface area contributed by atoms with Gasteiger partial charge in [0.2, 0.25) is 15.9 Å². The molecule has 0 aromatic rings. The number of carbonyl (C=O) groups is 1. The van der Waals surface area contributed by atoms with Gasteiger partial charge in [-0.05, 0) is 6.42 Å². The summed E-state index contributed by atoms with van der Waals surface area (Å²) in [5.41, 5.74) is 0. The molecule has 1 amide bonds. The van der Waals surface area contributed by atoms with Crippen molar-refractivity contribution in [1.29, 1.82) is 5.26 Å². The van der Waals surface area contributed by atoms with Crippen LogP contribution in [-0.4, -0.2) is 38.1 Å². The van der Waals surface area contributed by atoms with Crippen molar-refractivity contribution in [1.82, 2.24) is 4.90 Å². The molecule has 0 aromatic carbocycles. The van der Waals surface area contributed by atoms with Crippen LogP contribution >= 0.6 is 0 Å². The fraction of sp³-hybridized carbons (Fsp3) is 0.750. The van der Waals surface area contributed by atoms with E-state index in [9.17, 15) is 13.2 Å². The topological polar surface area (TPSA) is 104 Å². The van der Waals surface area contributed by atoms with Gasteiger partial charge in [-0.2, -0.15) is 5.26 Å². The SMILES string of the molecule is N#CC1CC(=O)N(CCCS(N)(=O)=O)C1. The van der Waals surface area contributed by atoms with Crippen LogP contribution in [0.5, 0.6) is 0 Å². The summed E-state index contributed by atoms with van der Waals surface area (Å²) >= 11 is 0. The van der Waals surface area contributed by atoms with Crippen LogP contribution in [0.4, 0.5) is 0 Å². The van der Waals surface area contributed by atoms with Crippen LogP contribution in [0.1, 0.15) is 12.8 Å². The van der Waals surface area contributed by atoms with Gasteiger partial charge in [-0.3, -0.25) is 4.79 Å². The van der Waals surface area contributed by atoms with Crippen molar-refractivity contribution in [3.8, 4) is 6.07 Å². The lowest BCUT2D eigenvalue weighted by molar-refractivity contribution is -0.127. The molecule has 2 N–H and O–H groups in total. The predicted molar refractivity (Wildman–Crippen MR) is 52.9 cm³/mol. The molecule has 1 aliphatic rings. The van der Waals surface area contributed by atoms with Crippen LogP contribution in [0.25, 0.3) is 0 Å². The van der Waals surface area contributed by atoms with Crippen LogP contribution < -0.4 is 5.14 Å². The van der Waals surface area contributed by atoms with Crippen LogP contribution in [0.3, 0.4) is 0 Å². The highest BCUT2D eigenvalue weighted by molar-refractivity contribution is 7.89. The highest BCUT2D eigenvalue weighted by atomic mass is 32.2. The fourth-order valence-electron chi connectivity index (χ4n) is 1.53. The molecule has 0 radical (unpaired) electrons. The third-order valence-corrected chi connectivity index (χ3v) is 3.11. The van der Waals surface area contributed by atoms with Crippen LogP contribution in [-0.2, 0) is 14.8 Å². The van der Waals surface area contributed by atoms with Gasteiger partial charge in [0.1, 0.15) is 0 Å². The molecular weight excluding hydrogens is 218 g/mol. The van der Waals surface area contributed by atoms with Gasteiger partial charge in [0.25, 0.3) is 0 Å². The first-order valence-corrected chi connectivity index (χ1v) is 6.32. The Morgan fingerprint density at radius 3 is 2.73 bits per heavy atom. The van der Waals surface area contributed by atoms with E-state index < -0.39 is 10.0 Å². The Morgan fingerprint density at radius 2 is 2.27 bits per heavy atom. The zero-order valence-corrected chi connectivity index (χ0v) is 9.03. The highest BCUT2D eigenvalue weighted by Gasteiger charge is 2.28. The molecule has 1 rings (SSSR count). The van der Waals surface area contributed by atoms with E-state index in [4.69, 9.17) is 10.4 Å². The first kappa shape index (κ1) is 11.9. The van der Waals surface area contributed by atoms with Crippen molar-refractivity contribution in [3.05, 3.63) is 0 Å². The predicted octanol–water partition coefficient (Wildman–Crippen LogP) is -0.963. The van der Waals surface area contributed by atoms with Crippen molar-refractivity contribution in [2.75, 3.05) is 18.8 Å². The molecule has 1 heterocycles. The second kappa shape index (κ2) is 4.59. The van der Waals surface area contributed by atoms with Gasteiger partial charge < -0.3 is 4.90 Å². The van der Waals surface area contributed by atoms with Crippen molar-refractivity contribution < 1.29 is 13.2 Å². The van der Waals surface area contributed by atoms with Crippen molar-refractivity contribution in [3.63, 3.8) is 0 Å². The second-order valence-electron chi connectivity index (χ2n) is 3.59. The molecule has 7 heteroatoms. The van der Waals surface area contributed by atoms with Crippen LogP contribution in [0.15, 0.2) is 0 Å². The number of hydrogen-bond donors (Lipinski definition) is 1. The minimum Gasteiger partial charge on any atom is -0.341 e. The lowest BCUT2D eigenvalue weighted by atomic mass is 10.1. The van der Waals surface area contributed by atoms with E-state index in [1.54, 1.807) is 0 Å². The van der Waals surface area contributed by atoms with E-state index >= 15 is 0 Å². The summed E-state index contributed by atoms with van der Waals surface area (Å²) in [6.07, 6.45) is 0.564. The average Bonchev–Trinajstić information content (AvgIpc) is 2.45. The number of carbonyl (C=O) groups excluding carboxylic acids is 1. The molecule has 1 atom stereocenters. The van der Waals surface area contributed by atoms with Gasteiger partial charge in [0.15, 0.2) is 0 Å². The van der Waals surface area contributed by atoms with Gasteiger partial charge in [-0.1, -0.05) is 0 Å². The maximum Gasteiger partial charge on any atom is 0.224 e. The number of likely N-dealkylation sites (tertiary alicyclic amines) is 1. The smallest absolute Gasteiger partial charge is 0.224 e. The van der Waals surface area contributed by atoms with E-state index in [1.165, 1.54) is 4.90 Å². The molecule has 1 unspecified atom stereocenters. The summed E-state index contributed by atoms with van der Waals surface area (Å²) in [7, 11) is -3.46. The number of primary sulfonamides is 1. The molecule has 0 saturated carbocycles. The first-order chi connectivity index (χ1) is 6.92. The molecule has 0 bridgehead atoms. The molecule has 84 valence electrons. The maximum absolute atomic E-state index is 11.3. The molecule has 1 saturated heterocycles. The van der Waals surface area contributed by atoms with E-state index in [2.05, 4.69) is 0 Å². The van der Waals surface area contributed by atoms with Gasteiger partial charge in [-0.15, -0.1) is 0 Å². The summed E-state index contributed by atoms with van der Waals surface area (Å²) in [6.45, 7) is 0.757. The van der Waals surface area contributed by atoms with Gasteiger partial charge in [0.05, 0.1) is 17.7 Å². The first-order valence-electron chi connectivity index (χ1n) is 4.60. The van der Waals surface area contributed by atoms with E-state index in [-0.39, 0.29) is 24.0 Å². The zero-order chi connectivity index (χ0) is 11.5. The van der Waals surface area contributed by atoms with Crippen molar-refractivity contribution in [2.24, 2.45) is 11.1 Å². The minimum atomic E-state index is -3.46. The minimum absolute atomic E-state index is 0.0871. The molecule has 1 fully saturated rings. The lowest BCUT2D eigenvalue weighted by Crippen LogP contribution is -2.28. The fourth-order valence-corrected chi connectivity index (χ4v) is 2.06. The monoisotopic (exact) mass is 231 g/mol. The molecule has 0 spiro atoms. The van der Waals surface area contributed by atoms with Gasteiger partial charge in [0, 0.05) is 19.5 Å². The van der Waals surface area contributed by atoms with E-state index in [0.717, 1.165) is 0 Å². The Bertz CT molecular complexity index is 384. The highest BCUT2D eigenvalue weighted by Crippen LogP contribution is 2.16. The van der Waals surface area contributed by atoms with Crippen LogP contribution in [0, 0.1) is 17.2 Å². The third kappa shape index (κ3) is 3.85. The average molecular weight is 231 g/mol. The second-order valence-corrected chi connectivity index (χ2v) is 5.32. The Morgan fingerprint density at radius 1 is 1.60 bits per heavy atom. The molecule has 1 aliphatic heterocycles. The molecule has 0 aliphatic carbocycles. The Balaban J connectivity index is 2.35. The zero-order valence-electron chi connectivity index (χ0n) is 8.22. The summed E-state index contributed by atoms with van der Waals surface area (Å²) in [5, 5.41) is 13.4. The number of nitrogens with zero attached hydrogens (tertiary/aromatic N) is 2. The number of rotatable bonds is 4. The number of amides is 1. The number of nitrogens with two attached hydrogens (primary N) is 1. The Kier molecular flexibility index (Phi) is 3.66. The van der Waals surface area contributed by atoms with Crippen LogP contribution in [0.2, 0.25) is 0 Å². The quantitative estimate of drug-likeness (QED) is 0.672. The third-order valence-electron chi connectivity index (χ3n) is 2.25. The summed E-state index contributed by atoms with van der Waals surface area (Å²) in [4.78, 5) is 12.8. The molecule has 15 heavy (non-hydrogen) atoms. The van der Waals surface area contributed by atoms with Crippen molar-refractivity contribution in [2.45, 2.75) is 12.8 Å². The van der Waals surface area contributed by atoms with E-state index in [1.807, 2.05) is 6.07 Å². The summed E-state index contributed by atoms with van der Waals surface area (Å²) < 4.78 is 21.3. The number of nitriles is 1. The maximum atomic E-state index is 11.3. The molecular formula is C8H13N3O3S.